The second kappa shape index (κ2) is 5.83. The highest BCUT2D eigenvalue weighted by molar-refractivity contribution is 5.84. The number of hydrogen-bond acceptors (Lipinski definition) is 2. The standard InChI is InChI=1S/C17H20N2O3/c1-11-8-12-4-2-3-5-15(12)19(11)10-16(20)18-14-7-6-13(9-14)17(21)22/h2-5,8,13-14H,6-7,9-10H2,1H3,(H,18,20)(H,21,22)/t13-,14+/m0/s1. The molecule has 2 N–H and O–H groups in total. The summed E-state index contributed by atoms with van der Waals surface area (Å²) in [5.74, 6) is -1.14. The van der Waals surface area contributed by atoms with E-state index < -0.39 is 5.97 Å². The van der Waals surface area contributed by atoms with Gasteiger partial charge >= 0.3 is 5.97 Å². The highest BCUT2D eigenvalue weighted by Gasteiger charge is 2.30. The molecule has 1 aromatic heterocycles. The Morgan fingerprint density at radius 1 is 1.32 bits per heavy atom. The van der Waals surface area contributed by atoms with Gasteiger partial charge in [-0.1, -0.05) is 18.2 Å². The zero-order valence-electron chi connectivity index (χ0n) is 12.6. The van der Waals surface area contributed by atoms with Crippen LogP contribution in [0, 0.1) is 12.8 Å². The Balaban J connectivity index is 1.67. The van der Waals surface area contributed by atoms with E-state index in [9.17, 15) is 9.59 Å². The largest absolute Gasteiger partial charge is 0.481 e. The van der Waals surface area contributed by atoms with E-state index in [0.29, 0.717) is 12.8 Å². The predicted octanol–water partition coefficient (Wildman–Crippen LogP) is 2.32. The van der Waals surface area contributed by atoms with Crippen molar-refractivity contribution in [2.24, 2.45) is 5.92 Å². The Bertz CT molecular complexity index is 720. The molecular weight excluding hydrogens is 280 g/mol. The molecule has 5 heteroatoms. The fourth-order valence-electron chi connectivity index (χ4n) is 3.31. The van der Waals surface area contributed by atoms with Crippen LogP contribution in [0.5, 0.6) is 0 Å². The second-order valence-electron chi connectivity index (χ2n) is 6.04. The number of aliphatic carboxylic acids is 1. The van der Waals surface area contributed by atoms with Crippen LogP contribution in [0.15, 0.2) is 30.3 Å². The van der Waals surface area contributed by atoms with Crippen molar-refractivity contribution in [2.45, 2.75) is 38.8 Å². The number of amides is 1. The number of carbonyl (C=O) groups is 2. The van der Waals surface area contributed by atoms with Gasteiger partial charge < -0.3 is 15.0 Å². The first kappa shape index (κ1) is 14.6. The summed E-state index contributed by atoms with van der Waals surface area (Å²) in [6, 6.07) is 10.0. The Morgan fingerprint density at radius 3 is 2.82 bits per heavy atom. The smallest absolute Gasteiger partial charge is 0.306 e. The van der Waals surface area contributed by atoms with Crippen molar-refractivity contribution in [3.8, 4) is 0 Å². The zero-order valence-corrected chi connectivity index (χ0v) is 12.6. The lowest BCUT2D eigenvalue weighted by Gasteiger charge is -2.14. The summed E-state index contributed by atoms with van der Waals surface area (Å²) in [6.45, 7) is 2.26. The number of aromatic nitrogens is 1. The van der Waals surface area contributed by atoms with Crippen LogP contribution in [0.25, 0.3) is 10.9 Å². The zero-order chi connectivity index (χ0) is 15.7. The van der Waals surface area contributed by atoms with E-state index >= 15 is 0 Å². The monoisotopic (exact) mass is 300 g/mol. The van der Waals surface area contributed by atoms with Crippen LogP contribution < -0.4 is 5.32 Å². The minimum Gasteiger partial charge on any atom is -0.481 e. The number of nitrogens with one attached hydrogen (secondary N) is 1. The molecule has 1 amide bonds. The first-order valence-corrected chi connectivity index (χ1v) is 7.61. The first-order valence-electron chi connectivity index (χ1n) is 7.61. The summed E-state index contributed by atoms with van der Waals surface area (Å²) < 4.78 is 1.99. The number of rotatable bonds is 4. The van der Waals surface area contributed by atoms with Gasteiger partial charge in [-0.2, -0.15) is 0 Å². The van der Waals surface area contributed by atoms with E-state index in [1.807, 2.05) is 35.8 Å². The maximum atomic E-state index is 12.3. The molecule has 0 bridgehead atoms. The van der Waals surface area contributed by atoms with E-state index in [1.54, 1.807) is 0 Å². The molecule has 2 atom stereocenters. The number of carboxylic acid groups (broad SMARTS) is 1. The maximum Gasteiger partial charge on any atom is 0.306 e. The van der Waals surface area contributed by atoms with Crippen molar-refractivity contribution in [3.05, 3.63) is 36.0 Å². The van der Waals surface area contributed by atoms with Gasteiger partial charge in [0.15, 0.2) is 0 Å². The van der Waals surface area contributed by atoms with Gasteiger partial charge in [0.1, 0.15) is 6.54 Å². The van der Waals surface area contributed by atoms with Crippen LogP contribution in [-0.2, 0) is 16.1 Å². The molecule has 1 aromatic carbocycles. The number of carboxylic acids is 1. The molecule has 22 heavy (non-hydrogen) atoms. The summed E-state index contributed by atoms with van der Waals surface area (Å²) in [5, 5.41) is 13.1. The average Bonchev–Trinajstić information content (AvgIpc) is 3.05. The van der Waals surface area contributed by atoms with E-state index in [2.05, 4.69) is 11.4 Å². The van der Waals surface area contributed by atoms with Crippen LogP contribution in [0.1, 0.15) is 25.0 Å². The quantitative estimate of drug-likeness (QED) is 0.910. The third-order valence-corrected chi connectivity index (χ3v) is 4.47. The van der Waals surface area contributed by atoms with Crippen molar-refractivity contribution >= 4 is 22.8 Å². The first-order chi connectivity index (χ1) is 10.5. The van der Waals surface area contributed by atoms with Crippen molar-refractivity contribution in [1.82, 2.24) is 9.88 Å². The average molecular weight is 300 g/mol. The van der Waals surface area contributed by atoms with Crippen LogP contribution in [0.4, 0.5) is 0 Å². The van der Waals surface area contributed by atoms with Gasteiger partial charge in [-0.25, -0.2) is 0 Å². The van der Waals surface area contributed by atoms with E-state index in [1.165, 1.54) is 0 Å². The van der Waals surface area contributed by atoms with Crippen LogP contribution in [-0.4, -0.2) is 27.6 Å². The molecular formula is C17H20N2O3. The van der Waals surface area contributed by atoms with E-state index in [4.69, 9.17) is 5.11 Å². The number of para-hydroxylation sites is 1. The molecule has 1 aliphatic rings. The molecule has 1 fully saturated rings. The molecule has 1 heterocycles. The Morgan fingerprint density at radius 2 is 2.09 bits per heavy atom. The lowest BCUT2D eigenvalue weighted by Crippen LogP contribution is -2.35. The minimum absolute atomic E-state index is 0.0178. The minimum atomic E-state index is -0.760. The maximum absolute atomic E-state index is 12.3. The lowest BCUT2D eigenvalue weighted by molar-refractivity contribution is -0.141. The molecule has 3 rings (SSSR count). The second-order valence-corrected chi connectivity index (χ2v) is 6.04. The number of nitrogens with zero attached hydrogens (tertiary/aromatic N) is 1. The lowest BCUT2D eigenvalue weighted by atomic mass is 10.1. The molecule has 116 valence electrons. The molecule has 1 saturated carbocycles. The summed E-state index contributed by atoms with van der Waals surface area (Å²) in [7, 11) is 0. The van der Waals surface area contributed by atoms with Gasteiger partial charge in [-0.15, -0.1) is 0 Å². The van der Waals surface area contributed by atoms with Gasteiger partial charge in [-0.3, -0.25) is 9.59 Å². The Labute approximate surface area is 128 Å². The molecule has 1 aliphatic carbocycles. The fourth-order valence-corrected chi connectivity index (χ4v) is 3.31. The van der Waals surface area contributed by atoms with Gasteiger partial charge in [0.2, 0.25) is 5.91 Å². The number of aryl methyl sites for hydroxylation is 1. The van der Waals surface area contributed by atoms with Gasteiger partial charge in [0, 0.05) is 17.3 Å². The van der Waals surface area contributed by atoms with Crippen LogP contribution in [0.3, 0.4) is 0 Å². The van der Waals surface area contributed by atoms with Crippen LogP contribution in [0.2, 0.25) is 0 Å². The van der Waals surface area contributed by atoms with E-state index in [0.717, 1.165) is 23.0 Å². The third-order valence-electron chi connectivity index (χ3n) is 4.47. The molecule has 0 radical (unpaired) electrons. The molecule has 0 saturated heterocycles. The summed E-state index contributed by atoms with van der Waals surface area (Å²) in [5.41, 5.74) is 2.09. The predicted molar refractivity (Wildman–Crippen MR) is 83.6 cm³/mol. The summed E-state index contributed by atoms with van der Waals surface area (Å²) >= 11 is 0. The molecule has 0 unspecified atom stereocenters. The van der Waals surface area contributed by atoms with Gasteiger partial charge in [0.25, 0.3) is 0 Å². The van der Waals surface area contributed by atoms with Crippen LogP contribution >= 0.6 is 0 Å². The van der Waals surface area contributed by atoms with Gasteiger partial charge in [0.05, 0.1) is 5.92 Å². The molecule has 2 aromatic rings. The Hall–Kier alpha value is -2.30. The highest BCUT2D eigenvalue weighted by atomic mass is 16.4. The normalized spacial score (nSPS) is 21.1. The third kappa shape index (κ3) is 2.84. The summed E-state index contributed by atoms with van der Waals surface area (Å²) in [6.07, 6.45) is 1.92. The van der Waals surface area contributed by atoms with Crippen molar-refractivity contribution in [2.75, 3.05) is 0 Å². The SMILES string of the molecule is Cc1cc2ccccc2n1CC(=O)N[C@@H]1CC[C@H](C(=O)O)C1. The Kier molecular flexibility index (Phi) is 3.88. The number of benzene rings is 1. The van der Waals surface area contributed by atoms with Gasteiger partial charge in [-0.05, 0) is 43.7 Å². The number of fused-ring (bicyclic) bond motifs is 1. The summed E-state index contributed by atoms with van der Waals surface area (Å²) in [4.78, 5) is 23.2. The van der Waals surface area contributed by atoms with E-state index in [-0.39, 0.29) is 24.4 Å². The van der Waals surface area contributed by atoms with Crippen molar-refractivity contribution < 1.29 is 14.7 Å². The molecule has 0 aliphatic heterocycles. The molecule has 5 nitrogen and oxygen atoms in total. The number of carbonyl (C=O) groups excluding carboxylic acids is 1. The highest BCUT2D eigenvalue weighted by Crippen LogP contribution is 2.26. The topological polar surface area (TPSA) is 71.3 Å². The van der Waals surface area contributed by atoms with Crippen molar-refractivity contribution in [3.63, 3.8) is 0 Å². The van der Waals surface area contributed by atoms with Crippen molar-refractivity contribution in [1.29, 1.82) is 0 Å². The molecule has 0 spiro atoms. The number of hydrogen-bond donors (Lipinski definition) is 2. The fraction of sp³-hybridized carbons (Fsp3) is 0.412.